The SMILES string of the molecule is CCOCC1(COCC)CCC(c2c(CN(C)CCOC(=O)NC)nn3c2CC(F)(F)C3)CC1. The molecule has 0 unspecified atom stereocenters. The van der Waals surface area contributed by atoms with E-state index < -0.39 is 12.0 Å². The van der Waals surface area contributed by atoms with Crippen LogP contribution < -0.4 is 5.32 Å². The number of alkyl carbamates (subject to hydrolysis) is 1. The second-order valence-electron chi connectivity index (χ2n) is 9.67. The quantitative estimate of drug-likeness (QED) is 0.487. The first-order valence-corrected chi connectivity index (χ1v) is 12.4. The summed E-state index contributed by atoms with van der Waals surface area (Å²) in [6, 6.07) is 0. The summed E-state index contributed by atoms with van der Waals surface area (Å²) < 4.78 is 46.7. The van der Waals surface area contributed by atoms with E-state index in [0.29, 0.717) is 45.2 Å². The van der Waals surface area contributed by atoms with E-state index in [1.807, 2.05) is 25.8 Å². The van der Waals surface area contributed by atoms with Crippen molar-refractivity contribution in [2.24, 2.45) is 5.41 Å². The summed E-state index contributed by atoms with van der Waals surface area (Å²) in [7, 11) is 3.44. The third-order valence-electron chi connectivity index (χ3n) is 6.99. The van der Waals surface area contributed by atoms with Crippen LogP contribution >= 0.6 is 0 Å². The Labute approximate surface area is 201 Å². The average molecular weight is 487 g/mol. The number of nitrogens with zero attached hydrogens (tertiary/aromatic N) is 3. The van der Waals surface area contributed by atoms with Gasteiger partial charge in [0.05, 0.1) is 25.3 Å². The predicted octanol–water partition coefficient (Wildman–Crippen LogP) is 3.58. The van der Waals surface area contributed by atoms with Gasteiger partial charge < -0.3 is 19.5 Å². The fraction of sp³-hybridized carbons (Fsp3) is 0.833. The van der Waals surface area contributed by atoms with E-state index in [0.717, 1.165) is 36.9 Å². The number of halogens is 2. The Balaban J connectivity index is 1.73. The number of alkyl halides is 2. The molecular weight excluding hydrogens is 446 g/mol. The Hall–Kier alpha value is -1.78. The van der Waals surface area contributed by atoms with Crippen molar-refractivity contribution >= 4 is 6.09 Å². The number of aromatic nitrogens is 2. The molecule has 1 aliphatic heterocycles. The lowest BCUT2D eigenvalue weighted by molar-refractivity contribution is -0.0396. The molecule has 1 N–H and O–H groups in total. The fourth-order valence-electron chi connectivity index (χ4n) is 5.18. The summed E-state index contributed by atoms with van der Waals surface area (Å²) in [6.07, 6.45) is 2.96. The van der Waals surface area contributed by atoms with E-state index in [2.05, 4.69) is 10.4 Å². The molecule has 0 aromatic carbocycles. The number of ether oxygens (including phenoxy) is 3. The number of nitrogens with one attached hydrogen (secondary N) is 1. The van der Waals surface area contributed by atoms with Crippen molar-refractivity contribution in [1.29, 1.82) is 0 Å². The van der Waals surface area contributed by atoms with Crippen LogP contribution in [-0.2, 0) is 33.7 Å². The van der Waals surface area contributed by atoms with Crippen LogP contribution in [0.1, 0.15) is 62.4 Å². The van der Waals surface area contributed by atoms with Gasteiger partial charge in [-0.15, -0.1) is 0 Å². The molecule has 1 fully saturated rings. The molecule has 2 aliphatic rings. The number of hydrogen-bond acceptors (Lipinski definition) is 6. The standard InChI is InChI=1S/C24H40F2N4O4/c1-5-32-16-23(17-33-6-2)9-7-18(8-10-23)21-19(14-29(4)11-12-34-22(31)27-3)28-30-15-24(25,26)13-20(21)30/h18H,5-17H2,1-4H3,(H,27,31). The average Bonchev–Trinajstić information content (AvgIpc) is 3.27. The van der Waals surface area contributed by atoms with Gasteiger partial charge in [0.1, 0.15) is 13.2 Å². The molecule has 194 valence electrons. The first-order chi connectivity index (χ1) is 16.2. The predicted molar refractivity (Wildman–Crippen MR) is 124 cm³/mol. The molecule has 1 aliphatic carbocycles. The molecule has 2 heterocycles. The van der Waals surface area contributed by atoms with Gasteiger partial charge in [-0.2, -0.15) is 5.10 Å². The topological polar surface area (TPSA) is 77.8 Å². The Kier molecular flexibility index (Phi) is 9.28. The molecule has 34 heavy (non-hydrogen) atoms. The van der Waals surface area contributed by atoms with E-state index >= 15 is 0 Å². The molecule has 0 saturated heterocycles. The molecule has 1 aromatic heterocycles. The van der Waals surface area contributed by atoms with Gasteiger partial charge in [0.25, 0.3) is 5.92 Å². The molecule has 0 radical (unpaired) electrons. The second-order valence-corrected chi connectivity index (χ2v) is 9.67. The first-order valence-electron chi connectivity index (χ1n) is 12.4. The van der Waals surface area contributed by atoms with Crippen LogP contribution in [0.4, 0.5) is 13.6 Å². The number of carbonyl (C=O) groups is 1. The van der Waals surface area contributed by atoms with Crippen molar-refractivity contribution in [2.45, 2.75) is 70.9 Å². The van der Waals surface area contributed by atoms with Crippen LogP contribution in [-0.4, -0.2) is 80.4 Å². The molecule has 1 aromatic rings. The minimum absolute atomic E-state index is 0.0169. The summed E-state index contributed by atoms with van der Waals surface area (Å²) >= 11 is 0. The number of rotatable bonds is 12. The zero-order valence-electron chi connectivity index (χ0n) is 21.0. The minimum atomic E-state index is -2.74. The summed E-state index contributed by atoms with van der Waals surface area (Å²) in [5, 5.41) is 7.04. The van der Waals surface area contributed by atoms with Crippen LogP contribution in [0.15, 0.2) is 0 Å². The molecule has 1 saturated carbocycles. The molecule has 0 bridgehead atoms. The van der Waals surface area contributed by atoms with Crippen LogP contribution in [0.3, 0.4) is 0 Å². The molecular formula is C24H40F2N4O4. The van der Waals surface area contributed by atoms with E-state index in [-0.39, 0.29) is 30.9 Å². The smallest absolute Gasteiger partial charge is 0.406 e. The molecule has 0 spiro atoms. The molecule has 10 heteroatoms. The van der Waals surface area contributed by atoms with Gasteiger partial charge in [0, 0.05) is 50.0 Å². The summed E-state index contributed by atoms with van der Waals surface area (Å²) in [5.74, 6) is -2.55. The molecule has 3 rings (SSSR count). The molecule has 8 nitrogen and oxygen atoms in total. The third kappa shape index (κ3) is 6.66. The number of carbonyl (C=O) groups excluding carboxylic acids is 1. The zero-order valence-corrected chi connectivity index (χ0v) is 21.0. The number of likely N-dealkylation sites (N-methyl/N-ethyl adjacent to an activating group) is 1. The van der Waals surface area contributed by atoms with Crippen molar-refractivity contribution in [1.82, 2.24) is 20.0 Å². The van der Waals surface area contributed by atoms with Crippen molar-refractivity contribution in [3.63, 3.8) is 0 Å². The lowest BCUT2D eigenvalue weighted by Gasteiger charge is -2.40. The van der Waals surface area contributed by atoms with E-state index in [1.54, 1.807) is 0 Å². The largest absolute Gasteiger partial charge is 0.448 e. The van der Waals surface area contributed by atoms with Crippen molar-refractivity contribution in [2.75, 3.05) is 53.7 Å². The highest BCUT2D eigenvalue weighted by atomic mass is 19.3. The highest BCUT2D eigenvalue weighted by Gasteiger charge is 2.44. The highest BCUT2D eigenvalue weighted by Crippen LogP contribution is 2.47. The number of hydrogen-bond donors (Lipinski definition) is 1. The van der Waals surface area contributed by atoms with Gasteiger partial charge in [-0.25, -0.2) is 13.6 Å². The van der Waals surface area contributed by atoms with Gasteiger partial charge in [0.15, 0.2) is 0 Å². The number of fused-ring (bicyclic) bond motifs is 1. The van der Waals surface area contributed by atoms with Gasteiger partial charge in [-0.1, -0.05) is 0 Å². The Morgan fingerprint density at radius 2 is 1.85 bits per heavy atom. The summed E-state index contributed by atoms with van der Waals surface area (Å²) in [4.78, 5) is 13.3. The maximum atomic E-state index is 14.2. The van der Waals surface area contributed by atoms with Gasteiger partial charge in [-0.3, -0.25) is 9.58 Å². The van der Waals surface area contributed by atoms with E-state index in [9.17, 15) is 13.6 Å². The Morgan fingerprint density at radius 1 is 1.21 bits per heavy atom. The molecule has 0 atom stereocenters. The van der Waals surface area contributed by atoms with Crippen LogP contribution in [0.5, 0.6) is 0 Å². The van der Waals surface area contributed by atoms with Crippen LogP contribution in [0.2, 0.25) is 0 Å². The van der Waals surface area contributed by atoms with Crippen LogP contribution in [0, 0.1) is 5.41 Å². The third-order valence-corrected chi connectivity index (χ3v) is 6.99. The zero-order chi connectivity index (χ0) is 24.8. The lowest BCUT2D eigenvalue weighted by Crippen LogP contribution is -2.36. The second kappa shape index (κ2) is 11.8. The van der Waals surface area contributed by atoms with E-state index in [4.69, 9.17) is 14.2 Å². The van der Waals surface area contributed by atoms with Gasteiger partial charge in [0.2, 0.25) is 0 Å². The first kappa shape index (κ1) is 26.8. The van der Waals surface area contributed by atoms with Gasteiger partial charge >= 0.3 is 6.09 Å². The summed E-state index contributed by atoms with van der Waals surface area (Å²) in [5.41, 5.74) is 2.52. The van der Waals surface area contributed by atoms with Gasteiger partial charge in [-0.05, 0) is 52.5 Å². The summed E-state index contributed by atoms with van der Waals surface area (Å²) in [6.45, 7) is 7.62. The molecule has 1 amide bonds. The fourth-order valence-corrected chi connectivity index (χ4v) is 5.18. The van der Waals surface area contributed by atoms with Crippen LogP contribution in [0.25, 0.3) is 0 Å². The van der Waals surface area contributed by atoms with Crippen molar-refractivity contribution in [3.05, 3.63) is 17.0 Å². The Morgan fingerprint density at radius 3 is 2.44 bits per heavy atom. The van der Waals surface area contributed by atoms with Crippen molar-refractivity contribution < 1.29 is 27.8 Å². The Bertz CT molecular complexity index is 799. The normalized spacial score (nSPS) is 19.4. The monoisotopic (exact) mass is 486 g/mol. The van der Waals surface area contributed by atoms with Crippen molar-refractivity contribution in [3.8, 4) is 0 Å². The maximum Gasteiger partial charge on any atom is 0.406 e. The van der Waals surface area contributed by atoms with E-state index in [1.165, 1.54) is 11.7 Å². The number of amides is 1. The minimum Gasteiger partial charge on any atom is -0.448 e. The lowest BCUT2D eigenvalue weighted by atomic mass is 9.69. The maximum absolute atomic E-state index is 14.2. The highest BCUT2D eigenvalue weighted by molar-refractivity contribution is 5.66.